The number of nitrogens with one attached hydrogen (secondary N) is 2. The maximum Gasteiger partial charge on any atom is 0.266 e. The fraction of sp³-hybridized carbons (Fsp3) is 0.0800. The van der Waals surface area contributed by atoms with Gasteiger partial charge in [-0.3, -0.25) is 9.59 Å². The van der Waals surface area contributed by atoms with Crippen LogP contribution in [0.3, 0.4) is 0 Å². The van der Waals surface area contributed by atoms with Crippen LogP contribution in [0.25, 0.3) is 6.08 Å². The standard InChI is InChI=1S/C25H19ClFN3O4/c1-33-22-13-16(11-17(14-28)25(32)29-18-7-3-2-4-8-18)12-19(26)24(22)34-15-23(31)30-21-10-6-5-9-20(21)27/h2-13H,15H2,1H3,(H,29,32)(H,30,31). The summed E-state index contributed by atoms with van der Waals surface area (Å²) < 4.78 is 24.5. The van der Waals surface area contributed by atoms with E-state index >= 15 is 0 Å². The summed E-state index contributed by atoms with van der Waals surface area (Å²) >= 11 is 6.31. The van der Waals surface area contributed by atoms with Gasteiger partial charge in [-0.15, -0.1) is 0 Å². The molecule has 0 unspecified atom stereocenters. The van der Waals surface area contributed by atoms with Gasteiger partial charge in [0.25, 0.3) is 11.8 Å². The molecule has 2 N–H and O–H groups in total. The molecule has 2 amide bonds. The minimum atomic E-state index is -0.600. The van der Waals surface area contributed by atoms with E-state index in [1.807, 2.05) is 6.07 Å². The van der Waals surface area contributed by atoms with Crippen LogP contribution in [-0.4, -0.2) is 25.5 Å². The molecule has 3 aromatic carbocycles. The zero-order valence-electron chi connectivity index (χ0n) is 18.0. The van der Waals surface area contributed by atoms with Crippen LogP contribution < -0.4 is 20.1 Å². The molecule has 0 aliphatic rings. The lowest BCUT2D eigenvalue weighted by Gasteiger charge is -2.14. The summed E-state index contributed by atoms with van der Waals surface area (Å²) in [6.07, 6.45) is 1.35. The van der Waals surface area contributed by atoms with E-state index in [0.717, 1.165) is 0 Å². The highest BCUT2D eigenvalue weighted by atomic mass is 35.5. The zero-order valence-corrected chi connectivity index (χ0v) is 18.7. The number of halogens is 2. The van der Waals surface area contributed by atoms with Crippen molar-refractivity contribution in [3.63, 3.8) is 0 Å². The quantitative estimate of drug-likeness (QED) is 0.348. The average molecular weight is 480 g/mol. The van der Waals surface area contributed by atoms with Crippen molar-refractivity contribution in [1.29, 1.82) is 5.26 Å². The van der Waals surface area contributed by atoms with Gasteiger partial charge in [0.15, 0.2) is 18.1 Å². The summed E-state index contributed by atoms with van der Waals surface area (Å²) in [4.78, 5) is 24.6. The fourth-order valence-electron chi connectivity index (χ4n) is 2.88. The second kappa shape index (κ2) is 11.5. The van der Waals surface area contributed by atoms with Crippen molar-refractivity contribution in [2.75, 3.05) is 24.4 Å². The van der Waals surface area contributed by atoms with Gasteiger partial charge in [-0.2, -0.15) is 5.26 Å². The Hall–Kier alpha value is -4.35. The molecule has 0 atom stereocenters. The molecule has 0 spiro atoms. The molecule has 0 aliphatic carbocycles. The summed E-state index contributed by atoms with van der Waals surface area (Å²) in [5.74, 6) is -1.51. The molecule has 0 aliphatic heterocycles. The van der Waals surface area contributed by atoms with Crippen LogP contribution >= 0.6 is 11.6 Å². The monoisotopic (exact) mass is 479 g/mol. The van der Waals surface area contributed by atoms with Gasteiger partial charge in [-0.05, 0) is 48.0 Å². The van der Waals surface area contributed by atoms with Crippen LogP contribution in [0.15, 0.2) is 72.3 Å². The van der Waals surface area contributed by atoms with Crippen molar-refractivity contribution in [2.45, 2.75) is 0 Å². The van der Waals surface area contributed by atoms with Crippen LogP contribution in [0.4, 0.5) is 15.8 Å². The Bertz CT molecular complexity index is 1270. The first kappa shape index (κ1) is 24.3. The summed E-state index contributed by atoms with van der Waals surface area (Å²) in [5, 5.41) is 14.6. The zero-order chi connectivity index (χ0) is 24.5. The highest BCUT2D eigenvalue weighted by Crippen LogP contribution is 2.37. The largest absolute Gasteiger partial charge is 0.493 e. The molecule has 172 valence electrons. The van der Waals surface area contributed by atoms with Crippen LogP contribution in [0.1, 0.15) is 5.56 Å². The molecular weight excluding hydrogens is 461 g/mol. The Labute approximate surface area is 200 Å². The number of nitrogens with zero attached hydrogens (tertiary/aromatic N) is 1. The van der Waals surface area contributed by atoms with Gasteiger partial charge >= 0.3 is 0 Å². The Morgan fingerprint density at radius 1 is 1.09 bits per heavy atom. The number of ether oxygens (including phenoxy) is 2. The number of hydrogen-bond acceptors (Lipinski definition) is 5. The van der Waals surface area contributed by atoms with Crippen molar-refractivity contribution in [1.82, 2.24) is 0 Å². The molecule has 0 radical (unpaired) electrons. The molecule has 3 aromatic rings. The Balaban J connectivity index is 1.74. The van der Waals surface area contributed by atoms with Crippen molar-refractivity contribution in [3.05, 3.63) is 88.7 Å². The number of para-hydroxylation sites is 2. The number of amides is 2. The van der Waals surface area contributed by atoms with E-state index in [1.54, 1.807) is 36.4 Å². The van der Waals surface area contributed by atoms with Gasteiger partial charge in [-0.25, -0.2) is 4.39 Å². The lowest BCUT2D eigenvalue weighted by Crippen LogP contribution is -2.21. The van der Waals surface area contributed by atoms with Gasteiger partial charge in [0, 0.05) is 5.69 Å². The molecule has 7 nitrogen and oxygen atoms in total. The van der Waals surface area contributed by atoms with E-state index < -0.39 is 24.2 Å². The number of carbonyl (C=O) groups is 2. The summed E-state index contributed by atoms with van der Waals surface area (Å²) in [7, 11) is 1.37. The van der Waals surface area contributed by atoms with Crippen LogP contribution in [0.2, 0.25) is 5.02 Å². The molecule has 34 heavy (non-hydrogen) atoms. The molecule has 0 fully saturated rings. The van der Waals surface area contributed by atoms with Crippen molar-refractivity contribution >= 4 is 40.9 Å². The van der Waals surface area contributed by atoms with E-state index in [0.29, 0.717) is 11.3 Å². The highest BCUT2D eigenvalue weighted by Gasteiger charge is 2.16. The Morgan fingerprint density at radius 2 is 1.79 bits per heavy atom. The predicted octanol–water partition coefficient (Wildman–Crippen LogP) is 5.05. The Morgan fingerprint density at radius 3 is 2.47 bits per heavy atom. The maximum absolute atomic E-state index is 13.7. The van der Waals surface area contributed by atoms with Crippen LogP contribution in [-0.2, 0) is 9.59 Å². The van der Waals surface area contributed by atoms with Crippen LogP contribution in [0.5, 0.6) is 11.5 Å². The van der Waals surface area contributed by atoms with E-state index in [2.05, 4.69) is 10.6 Å². The molecule has 0 aromatic heterocycles. The predicted molar refractivity (Wildman–Crippen MR) is 127 cm³/mol. The number of anilines is 2. The van der Waals surface area contributed by atoms with E-state index in [1.165, 1.54) is 43.5 Å². The van der Waals surface area contributed by atoms with E-state index in [4.69, 9.17) is 21.1 Å². The van der Waals surface area contributed by atoms with E-state index in [9.17, 15) is 19.2 Å². The molecule has 0 heterocycles. The smallest absolute Gasteiger partial charge is 0.266 e. The van der Waals surface area contributed by atoms with Gasteiger partial charge in [0.05, 0.1) is 17.8 Å². The molecule has 3 rings (SSSR count). The first-order valence-electron chi connectivity index (χ1n) is 9.94. The number of nitriles is 1. The minimum Gasteiger partial charge on any atom is -0.493 e. The average Bonchev–Trinajstić information content (AvgIpc) is 2.83. The first-order valence-corrected chi connectivity index (χ1v) is 10.3. The molecule has 9 heteroatoms. The van der Waals surface area contributed by atoms with Gasteiger partial charge in [0.1, 0.15) is 17.5 Å². The minimum absolute atomic E-state index is 0.0208. The lowest BCUT2D eigenvalue weighted by atomic mass is 10.1. The summed E-state index contributed by atoms with van der Waals surface area (Å²) in [5.41, 5.74) is 0.818. The molecule has 0 bridgehead atoms. The SMILES string of the molecule is COc1cc(C=C(C#N)C(=O)Nc2ccccc2)cc(Cl)c1OCC(=O)Nc1ccccc1F. The normalized spacial score (nSPS) is 10.7. The van der Waals surface area contributed by atoms with E-state index in [-0.39, 0.29) is 27.8 Å². The van der Waals surface area contributed by atoms with Crippen molar-refractivity contribution < 1.29 is 23.5 Å². The number of methoxy groups -OCH3 is 1. The third kappa shape index (κ3) is 6.34. The number of benzene rings is 3. The number of rotatable bonds is 8. The number of hydrogen-bond donors (Lipinski definition) is 2. The molecule has 0 saturated heterocycles. The fourth-order valence-corrected chi connectivity index (χ4v) is 3.16. The summed E-state index contributed by atoms with van der Waals surface area (Å²) in [6.45, 7) is -0.456. The second-order valence-electron chi connectivity index (χ2n) is 6.84. The lowest BCUT2D eigenvalue weighted by molar-refractivity contribution is -0.118. The summed E-state index contributed by atoms with van der Waals surface area (Å²) in [6, 6.07) is 19.3. The molecular formula is C25H19ClFN3O4. The number of carbonyl (C=O) groups excluding carboxylic acids is 2. The van der Waals surface area contributed by atoms with Crippen molar-refractivity contribution in [3.8, 4) is 17.6 Å². The van der Waals surface area contributed by atoms with Gasteiger partial charge < -0.3 is 20.1 Å². The highest BCUT2D eigenvalue weighted by molar-refractivity contribution is 6.32. The third-order valence-corrected chi connectivity index (χ3v) is 4.74. The van der Waals surface area contributed by atoms with Crippen molar-refractivity contribution in [2.24, 2.45) is 0 Å². The molecule has 0 saturated carbocycles. The second-order valence-corrected chi connectivity index (χ2v) is 7.25. The topological polar surface area (TPSA) is 100 Å². The first-order chi connectivity index (χ1) is 16.4. The van der Waals surface area contributed by atoms with Crippen LogP contribution in [0, 0.1) is 17.1 Å². The van der Waals surface area contributed by atoms with Gasteiger partial charge in [-0.1, -0.05) is 41.9 Å². The van der Waals surface area contributed by atoms with Gasteiger partial charge in [0.2, 0.25) is 0 Å². The maximum atomic E-state index is 13.7. The third-order valence-electron chi connectivity index (χ3n) is 4.46. The Kier molecular flexibility index (Phi) is 8.21.